The van der Waals surface area contributed by atoms with Crippen LogP contribution in [0.1, 0.15) is 84.1 Å². The van der Waals surface area contributed by atoms with Gasteiger partial charge in [0.1, 0.15) is 6.10 Å². The number of carbonyl (C=O) groups is 1. The first-order valence-electron chi connectivity index (χ1n) is 14.2. The molecule has 6 heteroatoms. The van der Waals surface area contributed by atoms with Crippen LogP contribution in [0.3, 0.4) is 0 Å². The third kappa shape index (κ3) is 3.42. The summed E-state index contributed by atoms with van der Waals surface area (Å²) < 4.78 is 37.1. The number of hydrogen-bond acceptors (Lipinski definition) is 5. The summed E-state index contributed by atoms with van der Waals surface area (Å²) in [6.45, 7) is 9.27. The molecule has 4 aliphatic carbocycles. The van der Waals surface area contributed by atoms with Crippen LogP contribution >= 0.6 is 0 Å². The van der Waals surface area contributed by atoms with Crippen molar-refractivity contribution >= 4 is 16.1 Å². The number of rotatable bonds is 5. The number of ether oxygens (including phenoxy) is 1. The molecule has 5 fully saturated rings. The zero-order valence-corrected chi connectivity index (χ0v) is 23.1. The average Bonchev–Trinajstić information content (AvgIpc) is 3.33. The van der Waals surface area contributed by atoms with Gasteiger partial charge >= 0.3 is 5.97 Å². The monoisotopic (exact) mass is 514 g/mol. The maximum atomic E-state index is 13.1. The van der Waals surface area contributed by atoms with Crippen molar-refractivity contribution in [3.05, 3.63) is 29.8 Å². The lowest BCUT2D eigenvalue weighted by atomic mass is 9.40. The Morgan fingerprint density at radius 2 is 1.75 bits per heavy atom. The third-order valence-corrected chi connectivity index (χ3v) is 13.3. The van der Waals surface area contributed by atoms with Crippen molar-refractivity contribution in [2.75, 3.05) is 6.61 Å². The second-order valence-electron chi connectivity index (χ2n) is 13.4. The molecule has 5 aliphatic rings. The molecule has 1 aliphatic heterocycles. The Hall–Kier alpha value is -1.40. The summed E-state index contributed by atoms with van der Waals surface area (Å²) in [5, 5.41) is 0. The van der Waals surface area contributed by atoms with E-state index in [0.29, 0.717) is 23.7 Å². The van der Waals surface area contributed by atoms with E-state index < -0.39 is 10.1 Å². The second kappa shape index (κ2) is 8.30. The summed E-state index contributed by atoms with van der Waals surface area (Å²) in [6.07, 6.45) is 10.1. The van der Waals surface area contributed by atoms with Crippen LogP contribution in [0.2, 0.25) is 0 Å². The maximum absolute atomic E-state index is 13.1. The van der Waals surface area contributed by atoms with Gasteiger partial charge in [-0.15, -0.1) is 0 Å². The Kier molecular flexibility index (Phi) is 5.74. The highest BCUT2D eigenvalue weighted by atomic mass is 32.2. The lowest BCUT2D eigenvalue weighted by Gasteiger charge is -2.62. The van der Waals surface area contributed by atoms with E-state index in [4.69, 9.17) is 8.92 Å². The van der Waals surface area contributed by atoms with E-state index in [0.717, 1.165) is 44.1 Å². The number of aryl methyl sites for hydroxylation is 1. The molecule has 2 bridgehead atoms. The summed E-state index contributed by atoms with van der Waals surface area (Å²) in [5.74, 6) is 2.67. The fourth-order valence-corrected chi connectivity index (χ4v) is 11.1. The fourth-order valence-electron chi connectivity index (χ4n) is 10.1. The van der Waals surface area contributed by atoms with Gasteiger partial charge in [-0.25, -0.2) is 0 Å². The molecule has 1 aromatic carbocycles. The molecule has 9 atom stereocenters. The SMILES string of the molecule is Cc1ccc(S(=O)(=O)OC[C@@H](C)[C@H]2CC[C@H]3[C@@H]4CC[C@]56C[C@H](CC[C@]5(C)[C@H]4CC[C@]23C)OC6=O)cc1. The zero-order chi connectivity index (χ0) is 25.5. The minimum Gasteiger partial charge on any atom is -0.462 e. The van der Waals surface area contributed by atoms with Gasteiger partial charge in [0.25, 0.3) is 10.1 Å². The molecular weight excluding hydrogens is 472 g/mol. The second-order valence-corrected chi connectivity index (χ2v) is 15.1. The molecule has 198 valence electrons. The molecule has 0 amide bonds. The molecule has 0 aromatic heterocycles. The number of benzene rings is 1. The van der Waals surface area contributed by atoms with Crippen LogP contribution in [-0.4, -0.2) is 27.1 Å². The van der Waals surface area contributed by atoms with Crippen LogP contribution in [0.25, 0.3) is 0 Å². The van der Waals surface area contributed by atoms with Gasteiger partial charge in [0, 0.05) is 6.42 Å². The van der Waals surface area contributed by atoms with Gasteiger partial charge in [-0.1, -0.05) is 38.5 Å². The van der Waals surface area contributed by atoms with Crippen molar-refractivity contribution in [3.8, 4) is 0 Å². The van der Waals surface area contributed by atoms with Crippen LogP contribution in [-0.2, 0) is 23.8 Å². The normalized spacial score (nSPS) is 44.3. The van der Waals surface area contributed by atoms with Crippen molar-refractivity contribution in [3.63, 3.8) is 0 Å². The van der Waals surface area contributed by atoms with Crippen molar-refractivity contribution in [2.24, 2.45) is 45.8 Å². The number of hydrogen-bond donors (Lipinski definition) is 0. The Morgan fingerprint density at radius 3 is 2.50 bits per heavy atom. The van der Waals surface area contributed by atoms with Crippen LogP contribution in [0.15, 0.2) is 29.2 Å². The molecule has 1 aromatic rings. The van der Waals surface area contributed by atoms with E-state index in [1.807, 2.05) is 19.1 Å². The molecule has 5 nitrogen and oxygen atoms in total. The summed E-state index contributed by atoms with van der Waals surface area (Å²) in [4.78, 5) is 13.3. The van der Waals surface area contributed by atoms with Crippen molar-refractivity contribution < 1.29 is 22.1 Å². The van der Waals surface area contributed by atoms with Crippen LogP contribution in [0, 0.1) is 52.8 Å². The van der Waals surface area contributed by atoms with Crippen LogP contribution in [0.5, 0.6) is 0 Å². The number of carbonyl (C=O) groups excluding carboxylic acids is 1. The lowest BCUT2D eigenvalue weighted by molar-refractivity contribution is -0.173. The minimum atomic E-state index is -3.75. The van der Waals surface area contributed by atoms with E-state index in [9.17, 15) is 13.2 Å². The zero-order valence-electron chi connectivity index (χ0n) is 22.3. The Morgan fingerprint density at radius 1 is 1.00 bits per heavy atom. The van der Waals surface area contributed by atoms with Crippen LogP contribution < -0.4 is 0 Å². The summed E-state index contributed by atoms with van der Waals surface area (Å²) in [5.41, 5.74) is 1.07. The van der Waals surface area contributed by atoms with Gasteiger partial charge in [0.2, 0.25) is 0 Å². The molecule has 0 N–H and O–H groups in total. The van der Waals surface area contributed by atoms with E-state index in [-0.39, 0.29) is 45.7 Å². The quantitative estimate of drug-likeness (QED) is 0.341. The van der Waals surface area contributed by atoms with E-state index in [1.54, 1.807) is 12.1 Å². The third-order valence-electron chi connectivity index (χ3n) is 12.0. The first-order chi connectivity index (χ1) is 17.0. The van der Waals surface area contributed by atoms with E-state index in [1.165, 1.54) is 19.3 Å². The summed E-state index contributed by atoms with van der Waals surface area (Å²) in [7, 11) is -3.75. The Bertz CT molecular complexity index is 1140. The lowest BCUT2D eigenvalue weighted by Crippen LogP contribution is -2.59. The molecular formula is C30H42O5S. The van der Waals surface area contributed by atoms with Crippen LogP contribution in [0.4, 0.5) is 0 Å². The highest BCUT2D eigenvalue weighted by molar-refractivity contribution is 7.86. The van der Waals surface area contributed by atoms with Gasteiger partial charge in [-0.05, 0) is 111 Å². The van der Waals surface area contributed by atoms with Gasteiger partial charge < -0.3 is 4.74 Å². The number of fused-ring (bicyclic) bond motifs is 5. The van der Waals surface area contributed by atoms with Crippen molar-refractivity contribution in [2.45, 2.75) is 96.5 Å². The van der Waals surface area contributed by atoms with Gasteiger partial charge in [0.15, 0.2) is 0 Å². The molecule has 1 spiro atoms. The molecule has 0 unspecified atom stereocenters. The van der Waals surface area contributed by atoms with E-state index in [2.05, 4.69) is 20.8 Å². The molecule has 1 heterocycles. The predicted octanol–water partition coefficient (Wildman–Crippen LogP) is 6.29. The summed E-state index contributed by atoms with van der Waals surface area (Å²) >= 11 is 0. The Labute approximate surface area is 216 Å². The van der Waals surface area contributed by atoms with Crippen molar-refractivity contribution in [1.82, 2.24) is 0 Å². The minimum absolute atomic E-state index is 0.0657. The van der Waals surface area contributed by atoms with Gasteiger partial charge in [-0.3, -0.25) is 8.98 Å². The maximum Gasteiger partial charge on any atom is 0.313 e. The molecule has 36 heavy (non-hydrogen) atoms. The van der Waals surface area contributed by atoms with E-state index >= 15 is 0 Å². The topological polar surface area (TPSA) is 69.7 Å². The largest absolute Gasteiger partial charge is 0.462 e. The number of esters is 1. The highest BCUT2D eigenvalue weighted by Crippen LogP contribution is 2.72. The average molecular weight is 515 g/mol. The Balaban J connectivity index is 1.18. The standard InChI is InChI=1S/C30H42O5S/c1-19-5-7-22(8-6-19)36(32,33)34-18-20(2)24-9-10-25-23-12-16-30-17-21(35-27(30)31)11-15-29(30,4)26(23)13-14-28(24,25)3/h5-8,20-21,23-26H,9-18H2,1-4H3/t20-,21+,23+,24-,25+,26+,28-,29-,30-/m1/s1. The first kappa shape index (κ1) is 24.9. The first-order valence-corrected chi connectivity index (χ1v) is 15.6. The molecule has 0 radical (unpaired) electrons. The predicted molar refractivity (Wildman–Crippen MR) is 138 cm³/mol. The van der Waals surface area contributed by atoms with Gasteiger partial charge in [-0.2, -0.15) is 8.42 Å². The molecule has 6 rings (SSSR count). The fraction of sp³-hybridized carbons (Fsp3) is 0.767. The summed E-state index contributed by atoms with van der Waals surface area (Å²) in [6, 6.07) is 6.89. The smallest absolute Gasteiger partial charge is 0.313 e. The van der Waals surface area contributed by atoms with Crippen molar-refractivity contribution in [1.29, 1.82) is 0 Å². The molecule has 4 saturated carbocycles. The van der Waals surface area contributed by atoms with Gasteiger partial charge in [0.05, 0.1) is 16.9 Å². The molecule has 1 saturated heterocycles. The highest BCUT2D eigenvalue weighted by Gasteiger charge is 2.70.